The van der Waals surface area contributed by atoms with Crippen molar-refractivity contribution < 1.29 is 5.32 Å². The number of hydrogen-bond donors (Lipinski definition) is 3. The lowest BCUT2D eigenvalue weighted by Gasteiger charge is -2.10. The van der Waals surface area contributed by atoms with E-state index in [1.54, 1.807) is 6.33 Å². The molecule has 0 aliphatic heterocycles. The van der Waals surface area contributed by atoms with Gasteiger partial charge in [0.2, 0.25) is 0 Å². The molecule has 4 N–H and O–H groups in total. The molecule has 1 aromatic heterocycles. The van der Waals surface area contributed by atoms with Gasteiger partial charge < -0.3 is 16.0 Å². The van der Waals surface area contributed by atoms with Crippen LogP contribution in [0.1, 0.15) is 5.56 Å². The average molecular weight is 357 g/mol. The number of nitrogens with one attached hydrogen (secondary N) is 2. The van der Waals surface area contributed by atoms with E-state index in [2.05, 4.69) is 31.2 Å². The van der Waals surface area contributed by atoms with E-state index >= 15 is 0 Å². The highest BCUT2D eigenvalue weighted by molar-refractivity contribution is 9.10. The molecule has 0 saturated heterocycles. The van der Waals surface area contributed by atoms with Crippen molar-refractivity contribution in [3.8, 4) is 0 Å². The van der Waals surface area contributed by atoms with Gasteiger partial charge in [0.05, 0.1) is 18.1 Å². The van der Waals surface area contributed by atoms with Gasteiger partial charge in [0.15, 0.2) is 0 Å². The van der Waals surface area contributed by atoms with Crippen LogP contribution in [0, 0.1) is 5.41 Å². The van der Waals surface area contributed by atoms with E-state index in [0.29, 0.717) is 0 Å². The minimum atomic E-state index is 0.730. The summed E-state index contributed by atoms with van der Waals surface area (Å²) in [6.45, 7) is 0. The van der Waals surface area contributed by atoms with Crippen LogP contribution in [0.15, 0.2) is 47.2 Å². The van der Waals surface area contributed by atoms with Gasteiger partial charge in [0.1, 0.15) is 17.8 Å². The molecule has 0 radical (unpaired) electrons. The van der Waals surface area contributed by atoms with Gasteiger partial charge in [-0.15, -0.1) is 0 Å². The Balaban J connectivity index is 2.11. The summed E-state index contributed by atoms with van der Waals surface area (Å²) >= 11 is 3.46. The topological polar surface area (TPSA) is 78.3 Å². The van der Waals surface area contributed by atoms with Crippen molar-refractivity contribution >= 4 is 50.2 Å². The molecular formula is C16H15BrN5+. The van der Waals surface area contributed by atoms with E-state index in [1.165, 1.54) is 6.21 Å². The van der Waals surface area contributed by atoms with E-state index < -0.39 is 0 Å². The largest absolute Gasteiger partial charge is 0.340 e. The zero-order valence-corrected chi connectivity index (χ0v) is 13.6. The lowest BCUT2D eigenvalue weighted by Crippen LogP contribution is -2.73. The second-order valence-electron chi connectivity index (χ2n) is 4.79. The average Bonchev–Trinajstić information content (AvgIpc) is 2.54. The zero-order valence-electron chi connectivity index (χ0n) is 12.0. The molecule has 2 aromatic carbocycles. The molecule has 0 aliphatic carbocycles. The van der Waals surface area contributed by atoms with Crippen LogP contribution in [-0.4, -0.2) is 23.2 Å². The van der Waals surface area contributed by atoms with Crippen molar-refractivity contribution in [2.24, 2.45) is 0 Å². The van der Waals surface area contributed by atoms with Gasteiger partial charge in [-0.3, -0.25) is 0 Å². The van der Waals surface area contributed by atoms with E-state index in [-0.39, 0.29) is 0 Å². The van der Waals surface area contributed by atoms with Gasteiger partial charge >= 0.3 is 0 Å². The van der Waals surface area contributed by atoms with Crippen molar-refractivity contribution in [2.45, 2.75) is 0 Å². The van der Waals surface area contributed by atoms with Gasteiger partial charge in [-0.25, -0.2) is 9.97 Å². The van der Waals surface area contributed by atoms with Crippen LogP contribution in [0.25, 0.3) is 10.9 Å². The first-order chi connectivity index (χ1) is 10.7. The summed E-state index contributed by atoms with van der Waals surface area (Å²) in [4.78, 5) is 8.67. The maximum Gasteiger partial charge on any atom is 0.141 e. The molecule has 3 rings (SSSR count). The predicted octanol–water partition coefficient (Wildman–Crippen LogP) is 2.96. The normalized spacial score (nSPS) is 10.6. The Labute approximate surface area is 136 Å². The Morgan fingerprint density at radius 2 is 2.09 bits per heavy atom. The molecule has 5 nitrogen and oxygen atoms in total. The Kier molecular flexibility index (Phi) is 4.13. The van der Waals surface area contributed by atoms with Crippen molar-refractivity contribution in [2.75, 3.05) is 12.4 Å². The Hall–Kier alpha value is -2.31. The third kappa shape index (κ3) is 2.84. The SMILES string of the molecule is C[NH2+]c1cc2ncnc(Nc3cccc(Br)c3)c2cc1C=N. The number of quaternary nitrogens is 1. The van der Waals surface area contributed by atoms with Crippen molar-refractivity contribution in [3.63, 3.8) is 0 Å². The fraction of sp³-hybridized carbons (Fsp3) is 0.0625. The minimum Gasteiger partial charge on any atom is -0.340 e. The van der Waals surface area contributed by atoms with E-state index in [9.17, 15) is 0 Å². The molecule has 3 aromatic rings. The maximum atomic E-state index is 7.57. The first-order valence-corrected chi connectivity index (χ1v) is 7.62. The van der Waals surface area contributed by atoms with Crippen molar-refractivity contribution in [1.29, 1.82) is 5.41 Å². The molecule has 0 spiro atoms. The summed E-state index contributed by atoms with van der Waals surface area (Å²) in [6.07, 6.45) is 2.90. The molecular weight excluding hydrogens is 342 g/mol. The lowest BCUT2D eigenvalue weighted by atomic mass is 10.1. The van der Waals surface area contributed by atoms with Crippen LogP contribution >= 0.6 is 15.9 Å². The first kappa shape index (κ1) is 14.6. The van der Waals surface area contributed by atoms with Crippen LogP contribution in [-0.2, 0) is 0 Å². The van der Waals surface area contributed by atoms with Crippen molar-refractivity contribution in [1.82, 2.24) is 9.97 Å². The van der Waals surface area contributed by atoms with Gasteiger partial charge in [-0.05, 0) is 24.3 Å². The number of benzene rings is 2. The summed E-state index contributed by atoms with van der Waals surface area (Å²) in [5.74, 6) is 0.730. The molecule has 22 heavy (non-hydrogen) atoms. The summed E-state index contributed by atoms with van der Waals surface area (Å²) in [7, 11) is 1.95. The standard InChI is InChI=1S/C16H14BrN5/c1-19-14-7-15-13(5-10(14)8-18)16(21-9-20-15)22-12-4-2-3-11(17)6-12/h2-9,18-19H,1H3,(H,20,21,22)/p+1. The monoisotopic (exact) mass is 356 g/mol. The van der Waals surface area contributed by atoms with Gasteiger partial charge in [0.25, 0.3) is 0 Å². The van der Waals surface area contributed by atoms with Crippen LogP contribution in [0.4, 0.5) is 17.2 Å². The smallest absolute Gasteiger partial charge is 0.141 e. The molecule has 0 fully saturated rings. The summed E-state index contributed by atoms with van der Waals surface area (Å²) in [6, 6.07) is 11.8. The Bertz CT molecular complexity index is 847. The number of anilines is 2. The summed E-state index contributed by atoms with van der Waals surface area (Å²) in [5, 5.41) is 13.8. The molecule has 0 amide bonds. The van der Waals surface area contributed by atoms with Gasteiger partial charge in [-0.2, -0.15) is 0 Å². The van der Waals surface area contributed by atoms with Crippen molar-refractivity contribution in [3.05, 3.63) is 52.8 Å². The van der Waals surface area contributed by atoms with E-state index in [1.807, 2.05) is 48.8 Å². The molecule has 0 unspecified atom stereocenters. The van der Waals surface area contributed by atoms with Crippen LogP contribution in [0.2, 0.25) is 0 Å². The molecule has 1 heterocycles. The van der Waals surface area contributed by atoms with Gasteiger partial charge in [-0.1, -0.05) is 22.0 Å². The number of nitrogens with two attached hydrogens (primary N) is 1. The number of halogens is 1. The third-order valence-electron chi connectivity index (χ3n) is 3.39. The highest BCUT2D eigenvalue weighted by atomic mass is 79.9. The van der Waals surface area contributed by atoms with Crippen LogP contribution < -0.4 is 10.6 Å². The highest BCUT2D eigenvalue weighted by Gasteiger charge is 2.10. The molecule has 0 aliphatic rings. The van der Waals surface area contributed by atoms with E-state index in [0.717, 1.165) is 38.1 Å². The number of nitrogens with zero attached hydrogens (tertiary/aromatic N) is 2. The molecule has 0 saturated carbocycles. The number of aromatic nitrogens is 2. The fourth-order valence-corrected chi connectivity index (χ4v) is 2.71. The fourth-order valence-electron chi connectivity index (χ4n) is 2.31. The van der Waals surface area contributed by atoms with Crippen LogP contribution in [0.3, 0.4) is 0 Å². The molecule has 110 valence electrons. The Morgan fingerprint density at radius 3 is 2.82 bits per heavy atom. The molecule has 6 heteroatoms. The minimum absolute atomic E-state index is 0.730. The lowest BCUT2D eigenvalue weighted by molar-refractivity contribution is -0.539. The second kappa shape index (κ2) is 6.21. The summed E-state index contributed by atoms with van der Waals surface area (Å²) < 4.78 is 0.999. The quantitative estimate of drug-likeness (QED) is 0.496. The third-order valence-corrected chi connectivity index (χ3v) is 3.89. The maximum absolute atomic E-state index is 7.57. The number of rotatable bonds is 4. The number of fused-ring (bicyclic) bond motifs is 1. The Morgan fingerprint density at radius 1 is 1.23 bits per heavy atom. The predicted molar refractivity (Wildman–Crippen MR) is 92.4 cm³/mol. The van der Waals surface area contributed by atoms with Crippen LogP contribution in [0.5, 0.6) is 0 Å². The molecule has 0 bridgehead atoms. The van der Waals surface area contributed by atoms with Gasteiger partial charge in [0, 0.05) is 27.8 Å². The highest BCUT2D eigenvalue weighted by Crippen LogP contribution is 2.27. The van der Waals surface area contributed by atoms with E-state index in [4.69, 9.17) is 5.41 Å². The molecule has 0 atom stereocenters. The first-order valence-electron chi connectivity index (χ1n) is 6.82. The second-order valence-corrected chi connectivity index (χ2v) is 5.70. The summed E-state index contributed by atoms with van der Waals surface area (Å²) in [5.41, 5.74) is 3.64. The zero-order chi connectivity index (χ0) is 15.5. The number of hydrogen-bond acceptors (Lipinski definition) is 4.